The first kappa shape index (κ1) is 13.3. The van der Waals surface area contributed by atoms with E-state index in [1.54, 1.807) is 6.07 Å². The summed E-state index contributed by atoms with van der Waals surface area (Å²) < 4.78 is 13.9. The smallest absolute Gasteiger partial charge is 0.150 e. The Kier molecular flexibility index (Phi) is 4.59. The highest BCUT2D eigenvalue weighted by Crippen LogP contribution is 2.23. The summed E-state index contributed by atoms with van der Waals surface area (Å²) in [4.78, 5) is 2.42. The largest absolute Gasteiger partial charge is 0.396 e. The predicted molar refractivity (Wildman–Crippen MR) is 73.8 cm³/mol. The average Bonchev–Trinajstić information content (AvgIpc) is 2.60. The molecule has 1 fully saturated rings. The van der Waals surface area contributed by atoms with Crippen LogP contribution in [0.4, 0.5) is 10.1 Å². The molecule has 18 heavy (non-hydrogen) atoms. The van der Waals surface area contributed by atoms with Crippen LogP contribution in [0, 0.1) is 5.82 Å². The Balaban J connectivity index is 2.12. The van der Waals surface area contributed by atoms with E-state index in [0.29, 0.717) is 12.6 Å². The lowest BCUT2D eigenvalue weighted by atomic mass is 10.1. The minimum absolute atomic E-state index is 0.239. The number of nitrogens with two attached hydrogens (primary N) is 1. The zero-order valence-electron chi connectivity index (χ0n) is 11.2. The SMILES string of the molecule is CCC1CCCCCN1Cc1cccc(N)c1F. The zero-order valence-corrected chi connectivity index (χ0v) is 11.2. The summed E-state index contributed by atoms with van der Waals surface area (Å²) in [6.45, 7) is 3.99. The number of likely N-dealkylation sites (tertiary alicyclic amines) is 1. The van der Waals surface area contributed by atoms with Crippen molar-refractivity contribution in [3.8, 4) is 0 Å². The van der Waals surface area contributed by atoms with E-state index in [2.05, 4.69) is 11.8 Å². The summed E-state index contributed by atoms with van der Waals surface area (Å²) in [5.74, 6) is -0.239. The van der Waals surface area contributed by atoms with Crippen LogP contribution in [0.25, 0.3) is 0 Å². The van der Waals surface area contributed by atoms with Crippen molar-refractivity contribution in [2.75, 3.05) is 12.3 Å². The standard InChI is InChI=1S/C15H23FN2/c1-2-13-8-4-3-5-10-18(13)11-12-7-6-9-14(17)15(12)16/h6-7,9,13H,2-5,8,10-11,17H2,1H3. The lowest BCUT2D eigenvalue weighted by molar-refractivity contribution is 0.184. The molecule has 1 heterocycles. The van der Waals surface area contributed by atoms with Crippen LogP contribution in [-0.2, 0) is 6.54 Å². The first-order chi connectivity index (χ1) is 8.72. The van der Waals surface area contributed by atoms with Crippen LogP contribution in [0.5, 0.6) is 0 Å². The van der Waals surface area contributed by atoms with Crippen LogP contribution in [0.2, 0.25) is 0 Å². The third-order valence-electron chi connectivity index (χ3n) is 3.95. The van der Waals surface area contributed by atoms with Gasteiger partial charge in [0.1, 0.15) is 0 Å². The third-order valence-corrected chi connectivity index (χ3v) is 3.95. The van der Waals surface area contributed by atoms with E-state index in [9.17, 15) is 4.39 Å². The molecule has 1 saturated heterocycles. The molecule has 0 amide bonds. The molecule has 1 atom stereocenters. The molecule has 1 aromatic rings. The second-order valence-electron chi connectivity index (χ2n) is 5.20. The van der Waals surface area contributed by atoms with E-state index in [1.165, 1.54) is 25.7 Å². The number of rotatable bonds is 3. The summed E-state index contributed by atoms with van der Waals surface area (Å²) in [6, 6.07) is 5.90. The topological polar surface area (TPSA) is 29.3 Å². The number of anilines is 1. The maximum atomic E-state index is 13.9. The van der Waals surface area contributed by atoms with Gasteiger partial charge in [-0.1, -0.05) is 31.9 Å². The van der Waals surface area contributed by atoms with Crippen molar-refractivity contribution in [1.29, 1.82) is 0 Å². The highest BCUT2D eigenvalue weighted by Gasteiger charge is 2.20. The van der Waals surface area contributed by atoms with Gasteiger partial charge in [-0.25, -0.2) is 4.39 Å². The molecule has 2 rings (SSSR count). The maximum Gasteiger partial charge on any atom is 0.150 e. The van der Waals surface area contributed by atoms with E-state index >= 15 is 0 Å². The molecule has 0 radical (unpaired) electrons. The summed E-state index contributed by atoms with van der Waals surface area (Å²) in [6.07, 6.45) is 6.20. The van der Waals surface area contributed by atoms with Crippen LogP contribution >= 0.6 is 0 Å². The monoisotopic (exact) mass is 250 g/mol. The molecule has 1 aromatic carbocycles. The maximum absolute atomic E-state index is 13.9. The summed E-state index contributed by atoms with van der Waals surface area (Å²) in [7, 11) is 0. The Hall–Kier alpha value is -1.09. The normalized spacial score (nSPS) is 21.8. The summed E-state index contributed by atoms with van der Waals surface area (Å²) in [5, 5.41) is 0. The second kappa shape index (κ2) is 6.19. The van der Waals surface area contributed by atoms with Gasteiger partial charge in [0.05, 0.1) is 5.69 Å². The highest BCUT2D eigenvalue weighted by molar-refractivity contribution is 5.42. The molecule has 1 unspecified atom stereocenters. The lowest BCUT2D eigenvalue weighted by Gasteiger charge is -2.29. The summed E-state index contributed by atoms with van der Waals surface area (Å²) >= 11 is 0. The van der Waals surface area contributed by atoms with Gasteiger partial charge in [0.2, 0.25) is 0 Å². The van der Waals surface area contributed by atoms with Crippen molar-refractivity contribution in [3.05, 3.63) is 29.6 Å². The molecule has 1 aliphatic heterocycles. The fourth-order valence-electron chi connectivity index (χ4n) is 2.85. The number of benzene rings is 1. The van der Waals surface area contributed by atoms with Gasteiger partial charge >= 0.3 is 0 Å². The minimum atomic E-state index is -0.239. The average molecular weight is 250 g/mol. The molecule has 0 aromatic heterocycles. The van der Waals surface area contributed by atoms with Crippen LogP contribution in [0.15, 0.2) is 18.2 Å². The van der Waals surface area contributed by atoms with Crippen molar-refractivity contribution >= 4 is 5.69 Å². The minimum Gasteiger partial charge on any atom is -0.396 e. The second-order valence-corrected chi connectivity index (χ2v) is 5.20. The Labute approximate surface area is 109 Å². The lowest BCUT2D eigenvalue weighted by Crippen LogP contribution is -2.34. The Bertz CT molecular complexity index is 392. The Morgan fingerprint density at radius 1 is 1.33 bits per heavy atom. The molecule has 0 bridgehead atoms. The molecule has 100 valence electrons. The third kappa shape index (κ3) is 3.02. The van der Waals surface area contributed by atoms with E-state index in [0.717, 1.165) is 18.5 Å². The van der Waals surface area contributed by atoms with Crippen molar-refractivity contribution in [2.24, 2.45) is 0 Å². The fraction of sp³-hybridized carbons (Fsp3) is 0.600. The predicted octanol–water partition coefficient (Wildman–Crippen LogP) is 3.56. The fourth-order valence-corrected chi connectivity index (χ4v) is 2.85. The molecule has 3 heteroatoms. The van der Waals surface area contributed by atoms with Crippen LogP contribution in [-0.4, -0.2) is 17.5 Å². The Morgan fingerprint density at radius 2 is 2.17 bits per heavy atom. The van der Waals surface area contributed by atoms with Gasteiger partial charge in [-0.15, -0.1) is 0 Å². The Morgan fingerprint density at radius 3 is 2.94 bits per heavy atom. The number of nitrogens with zero attached hydrogens (tertiary/aromatic N) is 1. The van der Waals surface area contributed by atoms with Gasteiger partial charge in [0.25, 0.3) is 0 Å². The van der Waals surface area contributed by atoms with Gasteiger partial charge in [-0.3, -0.25) is 4.90 Å². The molecular formula is C15H23FN2. The number of hydrogen-bond donors (Lipinski definition) is 1. The number of nitrogen functional groups attached to an aromatic ring is 1. The van der Waals surface area contributed by atoms with E-state index in [4.69, 9.17) is 5.73 Å². The molecule has 0 spiro atoms. The van der Waals surface area contributed by atoms with E-state index in [1.807, 2.05) is 12.1 Å². The van der Waals surface area contributed by atoms with Crippen LogP contribution < -0.4 is 5.73 Å². The van der Waals surface area contributed by atoms with Gasteiger partial charge in [0.15, 0.2) is 5.82 Å². The molecule has 0 saturated carbocycles. The van der Waals surface area contributed by atoms with Crippen molar-refractivity contribution in [1.82, 2.24) is 4.90 Å². The molecule has 2 N–H and O–H groups in total. The molecule has 2 nitrogen and oxygen atoms in total. The number of halogens is 1. The quantitative estimate of drug-likeness (QED) is 0.831. The number of hydrogen-bond acceptors (Lipinski definition) is 2. The zero-order chi connectivity index (χ0) is 13.0. The summed E-state index contributed by atoms with van der Waals surface area (Å²) in [5.41, 5.74) is 6.62. The first-order valence-electron chi connectivity index (χ1n) is 6.99. The van der Waals surface area contributed by atoms with E-state index < -0.39 is 0 Å². The van der Waals surface area contributed by atoms with Gasteiger partial charge < -0.3 is 5.73 Å². The van der Waals surface area contributed by atoms with E-state index in [-0.39, 0.29) is 11.5 Å². The first-order valence-corrected chi connectivity index (χ1v) is 6.99. The van der Waals surface area contributed by atoms with Crippen LogP contribution in [0.1, 0.15) is 44.6 Å². The highest BCUT2D eigenvalue weighted by atomic mass is 19.1. The van der Waals surface area contributed by atoms with Crippen molar-refractivity contribution < 1.29 is 4.39 Å². The molecular weight excluding hydrogens is 227 g/mol. The van der Waals surface area contributed by atoms with Gasteiger partial charge in [-0.2, -0.15) is 0 Å². The van der Waals surface area contributed by atoms with Crippen LogP contribution in [0.3, 0.4) is 0 Å². The molecule has 1 aliphatic rings. The van der Waals surface area contributed by atoms with Crippen molar-refractivity contribution in [2.45, 2.75) is 51.6 Å². The molecule has 0 aliphatic carbocycles. The van der Waals surface area contributed by atoms with Gasteiger partial charge in [0, 0.05) is 18.2 Å². The van der Waals surface area contributed by atoms with Gasteiger partial charge in [-0.05, 0) is 31.9 Å². The van der Waals surface area contributed by atoms with Crippen molar-refractivity contribution in [3.63, 3.8) is 0 Å².